The number of hydrogen-bond acceptors (Lipinski definition) is 5. The molecule has 0 aliphatic rings. The van der Waals surface area contributed by atoms with Gasteiger partial charge in [-0.1, -0.05) is 0 Å². The van der Waals surface area contributed by atoms with Crippen LogP contribution in [0.2, 0.25) is 0 Å². The number of rotatable bonds is 7. The molecular formula is C12H17FN2O5S. The van der Waals surface area contributed by atoms with Crippen molar-refractivity contribution in [3.05, 3.63) is 33.6 Å². The molecule has 0 saturated carbocycles. The summed E-state index contributed by atoms with van der Waals surface area (Å²) in [6, 6.07) is 1.55. The van der Waals surface area contributed by atoms with Crippen molar-refractivity contribution in [2.75, 3.05) is 13.2 Å². The molecule has 21 heavy (non-hydrogen) atoms. The third-order valence-electron chi connectivity index (χ3n) is 2.74. The number of hydrogen-bond donors (Lipinski definition) is 1. The Morgan fingerprint density at radius 3 is 2.62 bits per heavy atom. The van der Waals surface area contributed by atoms with Crippen LogP contribution in [0.1, 0.15) is 19.4 Å². The van der Waals surface area contributed by atoms with E-state index in [2.05, 4.69) is 4.72 Å². The van der Waals surface area contributed by atoms with Gasteiger partial charge in [0, 0.05) is 19.2 Å². The predicted molar refractivity (Wildman–Crippen MR) is 74.1 cm³/mol. The fraction of sp³-hybridized carbons (Fsp3) is 0.500. The van der Waals surface area contributed by atoms with Gasteiger partial charge in [0.25, 0.3) is 0 Å². The summed E-state index contributed by atoms with van der Waals surface area (Å²) in [6.45, 7) is 5.28. The summed E-state index contributed by atoms with van der Waals surface area (Å²) in [4.78, 5) is 9.41. The molecule has 1 N–H and O–H groups in total. The van der Waals surface area contributed by atoms with Gasteiger partial charge in [-0.15, -0.1) is 0 Å². The second-order valence-corrected chi connectivity index (χ2v) is 6.18. The average molecular weight is 320 g/mol. The lowest BCUT2D eigenvalue weighted by Crippen LogP contribution is -2.32. The minimum atomic E-state index is -3.98. The Hall–Kier alpha value is -1.58. The maximum Gasteiger partial charge on any atom is 0.306 e. The van der Waals surface area contributed by atoms with E-state index in [1.807, 2.05) is 0 Å². The van der Waals surface area contributed by atoms with Crippen molar-refractivity contribution < 1.29 is 22.5 Å². The second-order valence-electron chi connectivity index (χ2n) is 4.44. The van der Waals surface area contributed by atoms with Crippen molar-refractivity contribution >= 4 is 15.7 Å². The zero-order valence-corrected chi connectivity index (χ0v) is 12.7. The molecule has 0 aliphatic heterocycles. The highest BCUT2D eigenvalue weighted by Gasteiger charge is 2.24. The van der Waals surface area contributed by atoms with E-state index in [0.717, 1.165) is 12.1 Å². The van der Waals surface area contributed by atoms with Gasteiger partial charge in [-0.2, -0.15) is 4.39 Å². The largest absolute Gasteiger partial charge is 0.377 e. The molecule has 1 atom stereocenters. The van der Waals surface area contributed by atoms with E-state index in [4.69, 9.17) is 4.74 Å². The number of aryl methyl sites for hydroxylation is 1. The van der Waals surface area contributed by atoms with Crippen molar-refractivity contribution in [3.63, 3.8) is 0 Å². The van der Waals surface area contributed by atoms with Crippen LogP contribution in [0, 0.1) is 22.9 Å². The molecule has 1 rings (SSSR count). The van der Waals surface area contributed by atoms with Gasteiger partial charge in [0.1, 0.15) is 0 Å². The third kappa shape index (κ3) is 4.45. The molecule has 0 amide bonds. The number of sulfonamides is 1. The van der Waals surface area contributed by atoms with Crippen LogP contribution >= 0.6 is 0 Å². The van der Waals surface area contributed by atoms with Crippen molar-refractivity contribution in [2.24, 2.45) is 0 Å². The molecule has 1 aromatic rings. The van der Waals surface area contributed by atoms with Crippen molar-refractivity contribution in [1.82, 2.24) is 4.72 Å². The van der Waals surface area contributed by atoms with E-state index in [1.165, 1.54) is 6.92 Å². The standard InChI is InChI=1S/C12H17FN2O5S/c1-4-20-9(3)7-14-21(18,19)12-6-11(15(16)17)10(13)5-8(12)2/h5-6,9,14H,4,7H2,1-3H3. The summed E-state index contributed by atoms with van der Waals surface area (Å²) < 4.78 is 45.2. The van der Waals surface area contributed by atoms with E-state index in [0.29, 0.717) is 6.61 Å². The summed E-state index contributed by atoms with van der Waals surface area (Å²) in [5.74, 6) is -1.07. The Morgan fingerprint density at radius 1 is 1.48 bits per heavy atom. The number of ether oxygens (including phenoxy) is 1. The Kier molecular flexibility index (Phi) is 5.76. The van der Waals surface area contributed by atoms with Gasteiger partial charge in [-0.25, -0.2) is 13.1 Å². The third-order valence-corrected chi connectivity index (χ3v) is 4.31. The Morgan fingerprint density at radius 2 is 2.10 bits per heavy atom. The van der Waals surface area contributed by atoms with Crippen LogP contribution in [0.5, 0.6) is 0 Å². The van der Waals surface area contributed by atoms with Crippen LogP contribution < -0.4 is 4.72 Å². The fourth-order valence-electron chi connectivity index (χ4n) is 1.72. The van der Waals surface area contributed by atoms with E-state index < -0.39 is 26.5 Å². The Balaban J connectivity index is 3.08. The molecule has 0 fully saturated rings. The smallest absolute Gasteiger partial charge is 0.306 e. The monoisotopic (exact) mass is 320 g/mol. The lowest BCUT2D eigenvalue weighted by Gasteiger charge is -2.14. The molecule has 0 aromatic heterocycles. The Bertz CT molecular complexity index is 633. The van der Waals surface area contributed by atoms with E-state index >= 15 is 0 Å². The second kappa shape index (κ2) is 6.92. The zero-order chi connectivity index (χ0) is 16.2. The number of nitro benzene ring substituents is 1. The topological polar surface area (TPSA) is 98.5 Å². The van der Waals surface area contributed by atoms with Gasteiger partial charge in [0.15, 0.2) is 0 Å². The summed E-state index contributed by atoms with van der Waals surface area (Å²) in [5, 5.41) is 10.7. The van der Waals surface area contributed by atoms with Gasteiger partial charge >= 0.3 is 5.69 Å². The number of halogens is 1. The van der Waals surface area contributed by atoms with Crippen LogP contribution in [-0.4, -0.2) is 32.6 Å². The van der Waals surface area contributed by atoms with Gasteiger partial charge in [0.05, 0.1) is 15.9 Å². The van der Waals surface area contributed by atoms with Crippen LogP contribution in [0.4, 0.5) is 10.1 Å². The first kappa shape index (κ1) is 17.5. The van der Waals surface area contributed by atoms with Crippen LogP contribution in [0.3, 0.4) is 0 Å². The predicted octanol–water partition coefficient (Wildman–Crippen LogP) is 1.75. The number of nitrogens with zero attached hydrogens (tertiary/aromatic N) is 1. The maximum absolute atomic E-state index is 13.4. The maximum atomic E-state index is 13.4. The first-order valence-corrected chi connectivity index (χ1v) is 7.73. The Labute approximate surface area is 122 Å². The van der Waals surface area contributed by atoms with Crippen molar-refractivity contribution in [1.29, 1.82) is 0 Å². The summed E-state index contributed by atoms with van der Waals surface area (Å²) in [5.41, 5.74) is -0.784. The van der Waals surface area contributed by atoms with Gasteiger partial charge in [0.2, 0.25) is 15.8 Å². The highest BCUT2D eigenvalue weighted by atomic mass is 32.2. The zero-order valence-electron chi connectivity index (χ0n) is 11.9. The van der Waals surface area contributed by atoms with E-state index in [1.54, 1.807) is 13.8 Å². The van der Waals surface area contributed by atoms with Gasteiger partial charge < -0.3 is 4.74 Å². The minimum Gasteiger partial charge on any atom is -0.377 e. The molecule has 118 valence electrons. The normalized spacial score (nSPS) is 13.1. The number of benzene rings is 1. The summed E-state index contributed by atoms with van der Waals surface area (Å²) >= 11 is 0. The average Bonchev–Trinajstić information content (AvgIpc) is 2.36. The first-order chi connectivity index (χ1) is 9.69. The molecule has 1 aromatic carbocycles. The summed E-state index contributed by atoms with van der Waals surface area (Å²) in [7, 11) is -3.98. The first-order valence-electron chi connectivity index (χ1n) is 6.24. The molecule has 1 unspecified atom stereocenters. The van der Waals surface area contributed by atoms with Crippen molar-refractivity contribution in [3.8, 4) is 0 Å². The van der Waals surface area contributed by atoms with Gasteiger partial charge in [-0.3, -0.25) is 10.1 Å². The van der Waals surface area contributed by atoms with Crippen molar-refractivity contribution in [2.45, 2.75) is 31.8 Å². The van der Waals surface area contributed by atoms with Crippen LogP contribution in [0.25, 0.3) is 0 Å². The fourth-order valence-corrected chi connectivity index (χ4v) is 3.08. The molecular weight excluding hydrogens is 303 g/mol. The molecule has 0 aliphatic carbocycles. The molecule has 7 nitrogen and oxygen atoms in total. The van der Waals surface area contributed by atoms with Gasteiger partial charge in [-0.05, 0) is 32.4 Å². The van der Waals surface area contributed by atoms with E-state index in [-0.39, 0.29) is 23.1 Å². The molecule has 0 spiro atoms. The van der Waals surface area contributed by atoms with Crippen LogP contribution in [0.15, 0.2) is 17.0 Å². The van der Waals surface area contributed by atoms with Crippen LogP contribution in [-0.2, 0) is 14.8 Å². The molecule has 0 radical (unpaired) electrons. The number of nitrogens with one attached hydrogen (secondary N) is 1. The quantitative estimate of drug-likeness (QED) is 0.609. The molecule has 9 heteroatoms. The molecule has 0 heterocycles. The highest BCUT2D eigenvalue weighted by molar-refractivity contribution is 7.89. The lowest BCUT2D eigenvalue weighted by molar-refractivity contribution is -0.387. The molecule has 0 saturated heterocycles. The SMILES string of the molecule is CCOC(C)CNS(=O)(=O)c1cc([N+](=O)[O-])c(F)cc1C. The lowest BCUT2D eigenvalue weighted by atomic mass is 10.2. The highest BCUT2D eigenvalue weighted by Crippen LogP contribution is 2.25. The van der Waals surface area contributed by atoms with E-state index in [9.17, 15) is 22.9 Å². The number of nitro groups is 1. The molecule has 0 bridgehead atoms. The minimum absolute atomic E-state index is 0.0147. The summed E-state index contributed by atoms with van der Waals surface area (Å²) in [6.07, 6.45) is -0.347.